The normalized spacial score (nSPS) is 12.8. The number of nitrogens with zero attached hydrogens (tertiary/aromatic N) is 2. The molecule has 0 amide bonds. The summed E-state index contributed by atoms with van der Waals surface area (Å²) in [6.45, 7) is 16.9. The van der Waals surface area contributed by atoms with Crippen molar-refractivity contribution in [2.75, 3.05) is 46.1 Å². The molecule has 0 unspecified atom stereocenters. The lowest BCUT2D eigenvalue weighted by Gasteiger charge is -2.30. The van der Waals surface area contributed by atoms with Gasteiger partial charge in [-0.1, -0.05) is 83.1 Å². The van der Waals surface area contributed by atoms with Gasteiger partial charge in [0, 0.05) is 13.1 Å². The molecule has 0 spiro atoms. The molecule has 48 heavy (non-hydrogen) atoms. The molecular weight excluding hydrogens is 600 g/mol. The van der Waals surface area contributed by atoms with Crippen molar-refractivity contribution in [2.45, 2.75) is 47.1 Å². The summed E-state index contributed by atoms with van der Waals surface area (Å²) in [5.41, 5.74) is 5.91. The number of benzene rings is 4. The summed E-state index contributed by atoms with van der Waals surface area (Å²) < 4.78 is 23.7. The molecule has 0 saturated carbocycles. The lowest BCUT2D eigenvalue weighted by atomic mass is 9.88. The van der Waals surface area contributed by atoms with E-state index in [1.165, 1.54) is 0 Å². The van der Waals surface area contributed by atoms with Crippen LogP contribution in [-0.4, -0.2) is 67.9 Å². The van der Waals surface area contributed by atoms with Gasteiger partial charge in [0.15, 0.2) is 11.5 Å². The number of ether oxygens (including phenoxy) is 4. The zero-order valence-electron chi connectivity index (χ0n) is 28.9. The molecule has 0 aliphatic carbocycles. The smallest absolute Gasteiger partial charge is 0.343 e. The molecule has 0 N–H and O–H groups in total. The van der Waals surface area contributed by atoms with Gasteiger partial charge in [-0.25, -0.2) is 4.79 Å². The van der Waals surface area contributed by atoms with E-state index in [9.17, 15) is 4.79 Å². The van der Waals surface area contributed by atoms with Gasteiger partial charge in [-0.2, -0.15) is 0 Å². The number of allylic oxidation sites excluding steroid dienone is 1. The highest BCUT2D eigenvalue weighted by Gasteiger charge is 2.20. The molecule has 4 aromatic carbocycles. The van der Waals surface area contributed by atoms with Crippen molar-refractivity contribution >= 4 is 17.1 Å². The van der Waals surface area contributed by atoms with Crippen molar-refractivity contribution in [1.82, 2.24) is 9.80 Å². The molecule has 4 aromatic rings. The van der Waals surface area contributed by atoms with E-state index in [2.05, 4.69) is 80.8 Å². The number of likely N-dealkylation sites (N-methyl/N-ethyl adjacent to an activating group) is 2. The van der Waals surface area contributed by atoms with E-state index in [0.29, 0.717) is 11.3 Å². The van der Waals surface area contributed by atoms with Crippen LogP contribution in [0.15, 0.2) is 97.1 Å². The maximum Gasteiger partial charge on any atom is 0.343 e. The third-order valence-electron chi connectivity index (χ3n) is 8.90. The summed E-state index contributed by atoms with van der Waals surface area (Å²) >= 11 is 0. The molecule has 0 bridgehead atoms. The molecule has 1 aliphatic heterocycles. The predicted octanol–water partition coefficient (Wildman–Crippen LogP) is 8.43. The molecule has 1 aliphatic rings. The van der Waals surface area contributed by atoms with Crippen molar-refractivity contribution in [3.05, 3.63) is 119 Å². The van der Waals surface area contributed by atoms with Gasteiger partial charge in [0.1, 0.15) is 17.6 Å². The van der Waals surface area contributed by atoms with Crippen LogP contribution < -0.4 is 18.9 Å². The molecule has 5 rings (SSSR count). The molecule has 0 saturated heterocycles. The minimum absolute atomic E-state index is 0.0524. The summed E-state index contributed by atoms with van der Waals surface area (Å²) in [7, 11) is 0. The van der Waals surface area contributed by atoms with Crippen LogP contribution in [-0.2, 0) is 0 Å². The molecular formula is C41H48N2O5. The molecule has 0 aromatic heterocycles. The molecule has 7 heteroatoms. The van der Waals surface area contributed by atoms with Crippen LogP contribution in [0.25, 0.3) is 11.1 Å². The Morgan fingerprint density at radius 2 is 1.19 bits per heavy atom. The van der Waals surface area contributed by atoms with Crippen molar-refractivity contribution in [1.29, 1.82) is 0 Å². The Kier molecular flexibility index (Phi) is 12.3. The first-order valence-electron chi connectivity index (χ1n) is 17.2. The molecule has 0 radical (unpaired) electrons. The predicted molar refractivity (Wildman–Crippen MR) is 193 cm³/mol. The fourth-order valence-electron chi connectivity index (χ4n) is 6.12. The highest BCUT2D eigenvalue weighted by Crippen LogP contribution is 2.40. The number of carbonyl (C=O) groups excluding carboxylic acids is 1. The van der Waals surface area contributed by atoms with E-state index < -0.39 is 0 Å². The Morgan fingerprint density at radius 1 is 0.646 bits per heavy atom. The van der Waals surface area contributed by atoms with Gasteiger partial charge in [-0.05, 0) is 109 Å². The first-order chi connectivity index (χ1) is 23.5. The van der Waals surface area contributed by atoms with Crippen molar-refractivity contribution in [2.24, 2.45) is 0 Å². The fraction of sp³-hybridized carbons (Fsp3) is 0.341. The first-order valence-corrected chi connectivity index (χ1v) is 17.2. The van der Waals surface area contributed by atoms with Crippen LogP contribution in [0.5, 0.6) is 23.0 Å². The number of carbonyl (C=O) groups is 1. The summed E-state index contributed by atoms with van der Waals surface area (Å²) in [6.07, 6.45) is 0.838. The maximum atomic E-state index is 12.7. The van der Waals surface area contributed by atoms with E-state index in [4.69, 9.17) is 18.9 Å². The van der Waals surface area contributed by atoms with Crippen LogP contribution >= 0.6 is 0 Å². The van der Waals surface area contributed by atoms with Gasteiger partial charge in [-0.3, -0.25) is 0 Å². The van der Waals surface area contributed by atoms with Crippen LogP contribution in [0, 0.1) is 0 Å². The average Bonchev–Trinajstić information content (AvgIpc) is 3.61. The van der Waals surface area contributed by atoms with Gasteiger partial charge < -0.3 is 28.7 Å². The highest BCUT2D eigenvalue weighted by molar-refractivity contribution is 5.99. The third kappa shape index (κ3) is 8.65. The number of esters is 1. The van der Waals surface area contributed by atoms with Crippen molar-refractivity contribution < 1.29 is 23.7 Å². The lowest BCUT2D eigenvalue weighted by molar-refractivity contribution is 0.0734. The summed E-state index contributed by atoms with van der Waals surface area (Å²) in [4.78, 5) is 17.6. The van der Waals surface area contributed by atoms with E-state index in [1.807, 2.05) is 48.5 Å². The fourth-order valence-corrected chi connectivity index (χ4v) is 6.12. The minimum Gasteiger partial charge on any atom is -0.488 e. The van der Waals surface area contributed by atoms with Gasteiger partial charge in [0.05, 0.1) is 5.56 Å². The second-order valence-electron chi connectivity index (χ2n) is 11.8. The maximum absolute atomic E-state index is 12.7. The van der Waals surface area contributed by atoms with E-state index in [0.717, 1.165) is 90.8 Å². The molecule has 0 fully saturated rings. The minimum atomic E-state index is -0.385. The van der Waals surface area contributed by atoms with E-state index in [-0.39, 0.29) is 18.9 Å². The van der Waals surface area contributed by atoms with Crippen molar-refractivity contribution in [3.63, 3.8) is 0 Å². The van der Waals surface area contributed by atoms with E-state index >= 15 is 0 Å². The third-order valence-corrected chi connectivity index (χ3v) is 8.90. The Hall–Kier alpha value is -4.59. The number of hydrogen-bond acceptors (Lipinski definition) is 7. The van der Waals surface area contributed by atoms with Crippen LogP contribution in [0.1, 0.15) is 68.1 Å². The van der Waals surface area contributed by atoms with Gasteiger partial charge in [0.2, 0.25) is 6.79 Å². The summed E-state index contributed by atoms with van der Waals surface area (Å²) in [6, 6.07) is 31.3. The summed E-state index contributed by atoms with van der Waals surface area (Å²) in [5, 5.41) is 0. The van der Waals surface area contributed by atoms with Crippen LogP contribution in [0.4, 0.5) is 0 Å². The van der Waals surface area contributed by atoms with Crippen LogP contribution in [0.2, 0.25) is 0 Å². The molecule has 0 atom stereocenters. The van der Waals surface area contributed by atoms with E-state index in [1.54, 1.807) is 12.1 Å². The quantitative estimate of drug-likeness (QED) is 0.0687. The SMILES string of the molecule is CCC(=C(c1ccc(OC(=O)c2ccccc2)cc1)c1ccc(OC(CN(CC)CC)CN(CC)CC)cc1)c1ccc2c(c1)OCO2. The lowest BCUT2D eigenvalue weighted by Crippen LogP contribution is -2.43. The second kappa shape index (κ2) is 17.0. The number of rotatable bonds is 16. The first kappa shape index (κ1) is 34.7. The Morgan fingerprint density at radius 3 is 1.75 bits per heavy atom. The molecule has 252 valence electrons. The van der Waals surface area contributed by atoms with Gasteiger partial charge >= 0.3 is 5.97 Å². The average molecular weight is 649 g/mol. The van der Waals surface area contributed by atoms with Crippen LogP contribution in [0.3, 0.4) is 0 Å². The second-order valence-corrected chi connectivity index (χ2v) is 11.8. The zero-order valence-corrected chi connectivity index (χ0v) is 28.9. The zero-order chi connectivity index (χ0) is 33.9. The molecule has 1 heterocycles. The van der Waals surface area contributed by atoms with Gasteiger partial charge in [0.25, 0.3) is 0 Å². The monoisotopic (exact) mass is 648 g/mol. The number of fused-ring (bicyclic) bond motifs is 1. The standard InChI is InChI=1S/C41H48N2O5/c1-6-37(33-20-25-38-39(26-33)46-29-45-38)40(31-18-23-35(24-19-31)48-41(44)32-14-12-11-13-15-32)30-16-21-34(22-17-30)47-36(27-42(7-2)8-3)28-43(9-4)10-5/h11-26,36H,6-10,27-29H2,1-5H3. The highest BCUT2D eigenvalue weighted by atomic mass is 16.7. The number of hydrogen-bond donors (Lipinski definition) is 0. The molecule has 7 nitrogen and oxygen atoms in total. The summed E-state index contributed by atoms with van der Waals surface area (Å²) in [5.74, 6) is 2.46. The Labute approximate surface area is 285 Å². The Bertz CT molecular complexity index is 1630. The van der Waals surface area contributed by atoms with Crippen molar-refractivity contribution in [3.8, 4) is 23.0 Å². The Balaban J connectivity index is 1.48. The topological polar surface area (TPSA) is 60.5 Å². The largest absolute Gasteiger partial charge is 0.488 e. The van der Waals surface area contributed by atoms with Gasteiger partial charge in [-0.15, -0.1) is 0 Å².